The maximum atomic E-state index is 12.0. The van der Waals surface area contributed by atoms with Crippen molar-refractivity contribution in [1.29, 1.82) is 0 Å². The van der Waals surface area contributed by atoms with E-state index in [4.69, 9.17) is 23.2 Å². The van der Waals surface area contributed by atoms with Crippen molar-refractivity contribution in [1.82, 2.24) is 10.6 Å². The average Bonchev–Trinajstić information content (AvgIpc) is 2.74. The molecular formula is C22H20Cl2N4O2. The lowest BCUT2D eigenvalue weighted by molar-refractivity contribution is 0.251. The van der Waals surface area contributed by atoms with Crippen LogP contribution in [-0.2, 0) is 13.1 Å². The third-order valence-electron chi connectivity index (χ3n) is 4.10. The van der Waals surface area contributed by atoms with E-state index >= 15 is 0 Å². The van der Waals surface area contributed by atoms with Gasteiger partial charge >= 0.3 is 12.1 Å². The van der Waals surface area contributed by atoms with E-state index < -0.39 is 0 Å². The summed E-state index contributed by atoms with van der Waals surface area (Å²) in [4.78, 5) is 24.1. The van der Waals surface area contributed by atoms with Gasteiger partial charge in [-0.15, -0.1) is 0 Å². The highest BCUT2D eigenvalue weighted by Crippen LogP contribution is 2.14. The fourth-order valence-corrected chi connectivity index (χ4v) is 2.88. The Morgan fingerprint density at radius 1 is 0.633 bits per heavy atom. The first-order valence-corrected chi connectivity index (χ1v) is 9.92. The molecule has 154 valence electrons. The number of rotatable bonds is 6. The Balaban J connectivity index is 1.45. The summed E-state index contributed by atoms with van der Waals surface area (Å²) in [5, 5.41) is 12.3. The second-order valence-electron chi connectivity index (χ2n) is 6.45. The monoisotopic (exact) mass is 442 g/mol. The zero-order chi connectivity index (χ0) is 21.3. The van der Waals surface area contributed by atoms with E-state index in [0.29, 0.717) is 34.5 Å². The van der Waals surface area contributed by atoms with Gasteiger partial charge in [-0.2, -0.15) is 0 Å². The Hall–Kier alpha value is -3.22. The zero-order valence-electron chi connectivity index (χ0n) is 15.9. The summed E-state index contributed by atoms with van der Waals surface area (Å²) in [6.45, 7) is 0.703. The SMILES string of the molecule is O=C(NCc1cccc(CNC(=O)Nc2ccc(Cl)cc2)c1)Nc1ccc(Cl)cc1. The Morgan fingerprint density at radius 3 is 1.43 bits per heavy atom. The standard InChI is InChI=1S/C22H20Cl2N4O2/c23-17-4-8-19(9-5-17)27-21(29)25-13-15-2-1-3-16(12-15)14-26-22(30)28-20-10-6-18(24)7-11-20/h1-12H,13-14H2,(H2,25,27,29)(H2,26,28,30). The van der Waals surface area contributed by atoms with Crippen LogP contribution >= 0.6 is 23.2 Å². The molecule has 0 spiro atoms. The molecule has 0 saturated heterocycles. The average molecular weight is 443 g/mol. The van der Waals surface area contributed by atoms with Gasteiger partial charge < -0.3 is 21.3 Å². The van der Waals surface area contributed by atoms with Crippen LogP contribution < -0.4 is 21.3 Å². The highest BCUT2D eigenvalue weighted by Gasteiger charge is 2.05. The van der Waals surface area contributed by atoms with Gasteiger partial charge in [-0.3, -0.25) is 0 Å². The van der Waals surface area contributed by atoms with Crippen LogP contribution in [0.25, 0.3) is 0 Å². The fourth-order valence-electron chi connectivity index (χ4n) is 2.63. The third kappa shape index (κ3) is 6.99. The molecule has 3 aromatic rings. The van der Waals surface area contributed by atoms with Gasteiger partial charge in [-0.1, -0.05) is 47.5 Å². The maximum Gasteiger partial charge on any atom is 0.319 e. The van der Waals surface area contributed by atoms with Crippen LogP contribution in [0.4, 0.5) is 21.0 Å². The minimum absolute atomic E-state index is 0.316. The van der Waals surface area contributed by atoms with E-state index in [9.17, 15) is 9.59 Å². The van der Waals surface area contributed by atoms with E-state index in [1.807, 2.05) is 24.3 Å². The van der Waals surface area contributed by atoms with Crippen LogP contribution in [0.1, 0.15) is 11.1 Å². The molecule has 0 unspecified atom stereocenters. The lowest BCUT2D eigenvalue weighted by atomic mass is 10.1. The minimum atomic E-state index is -0.316. The fraction of sp³-hybridized carbons (Fsp3) is 0.0909. The van der Waals surface area contributed by atoms with Gasteiger partial charge in [-0.05, 0) is 59.7 Å². The van der Waals surface area contributed by atoms with E-state index in [2.05, 4.69) is 21.3 Å². The molecular weight excluding hydrogens is 423 g/mol. The maximum absolute atomic E-state index is 12.0. The van der Waals surface area contributed by atoms with Gasteiger partial charge in [-0.25, -0.2) is 9.59 Å². The van der Waals surface area contributed by atoms with Crippen LogP contribution in [0.2, 0.25) is 10.0 Å². The molecule has 0 fully saturated rings. The van der Waals surface area contributed by atoms with Crippen LogP contribution in [0.15, 0.2) is 72.8 Å². The smallest absolute Gasteiger partial charge is 0.319 e. The predicted octanol–water partition coefficient (Wildman–Crippen LogP) is 5.64. The lowest BCUT2D eigenvalue weighted by Gasteiger charge is -2.10. The predicted molar refractivity (Wildman–Crippen MR) is 121 cm³/mol. The van der Waals surface area contributed by atoms with Crippen LogP contribution in [0.3, 0.4) is 0 Å². The van der Waals surface area contributed by atoms with Crippen molar-refractivity contribution >= 4 is 46.6 Å². The summed E-state index contributed by atoms with van der Waals surface area (Å²) in [7, 11) is 0. The third-order valence-corrected chi connectivity index (χ3v) is 4.61. The first-order chi connectivity index (χ1) is 14.5. The van der Waals surface area contributed by atoms with Crippen molar-refractivity contribution in [3.63, 3.8) is 0 Å². The number of carbonyl (C=O) groups excluding carboxylic acids is 2. The molecule has 6 nitrogen and oxygen atoms in total. The molecule has 0 aliphatic heterocycles. The van der Waals surface area contributed by atoms with Crippen LogP contribution in [0.5, 0.6) is 0 Å². The lowest BCUT2D eigenvalue weighted by Crippen LogP contribution is -2.29. The van der Waals surface area contributed by atoms with Gasteiger partial charge in [0.25, 0.3) is 0 Å². The number of anilines is 2. The van der Waals surface area contributed by atoms with E-state index in [0.717, 1.165) is 11.1 Å². The molecule has 3 aromatic carbocycles. The summed E-state index contributed by atoms with van der Waals surface area (Å²) < 4.78 is 0. The quantitative estimate of drug-likeness (QED) is 0.398. The van der Waals surface area contributed by atoms with E-state index in [1.54, 1.807) is 48.5 Å². The van der Waals surface area contributed by atoms with E-state index in [-0.39, 0.29) is 12.1 Å². The number of hydrogen-bond donors (Lipinski definition) is 4. The Kier molecular flexibility index (Phi) is 7.54. The molecule has 0 aliphatic carbocycles. The molecule has 4 N–H and O–H groups in total. The molecule has 0 saturated carbocycles. The molecule has 0 heterocycles. The van der Waals surface area contributed by atoms with Crippen LogP contribution in [0, 0.1) is 0 Å². The highest BCUT2D eigenvalue weighted by molar-refractivity contribution is 6.30. The molecule has 0 bridgehead atoms. The van der Waals surface area contributed by atoms with Gasteiger partial charge in [0, 0.05) is 34.5 Å². The second-order valence-corrected chi connectivity index (χ2v) is 7.32. The van der Waals surface area contributed by atoms with Crippen LogP contribution in [-0.4, -0.2) is 12.1 Å². The highest BCUT2D eigenvalue weighted by atomic mass is 35.5. The van der Waals surface area contributed by atoms with Gasteiger partial charge in [0.1, 0.15) is 0 Å². The molecule has 4 amide bonds. The molecule has 0 aromatic heterocycles. The molecule has 0 radical (unpaired) electrons. The second kappa shape index (κ2) is 10.5. The summed E-state index contributed by atoms with van der Waals surface area (Å²) in [5.74, 6) is 0. The number of nitrogens with one attached hydrogen (secondary N) is 4. The van der Waals surface area contributed by atoms with E-state index in [1.165, 1.54) is 0 Å². The number of amides is 4. The molecule has 0 atom stereocenters. The Morgan fingerprint density at radius 2 is 1.03 bits per heavy atom. The summed E-state index contributed by atoms with van der Waals surface area (Å²) in [5.41, 5.74) is 3.14. The van der Waals surface area contributed by atoms with Crippen molar-refractivity contribution in [2.45, 2.75) is 13.1 Å². The van der Waals surface area contributed by atoms with Crippen molar-refractivity contribution < 1.29 is 9.59 Å². The number of halogens is 2. The first kappa shape index (κ1) is 21.5. The number of benzene rings is 3. The summed E-state index contributed by atoms with van der Waals surface area (Å²) in [6, 6.07) is 20.7. The largest absolute Gasteiger partial charge is 0.334 e. The van der Waals surface area contributed by atoms with Gasteiger partial charge in [0.15, 0.2) is 0 Å². The van der Waals surface area contributed by atoms with Gasteiger partial charge in [0.2, 0.25) is 0 Å². The number of hydrogen-bond acceptors (Lipinski definition) is 2. The first-order valence-electron chi connectivity index (χ1n) is 9.16. The molecule has 3 rings (SSSR count). The minimum Gasteiger partial charge on any atom is -0.334 e. The van der Waals surface area contributed by atoms with Crippen molar-refractivity contribution in [2.75, 3.05) is 10.6 Å². The molecule has 30 heavy (non-hydrogen) atoms. The Bertz CT molecular complexity index is 930. The number of urea groups is 2. The molecule has 8 heteroatoms. The van der Waals surface area contributed by atoms with Crippen molar-refractivity contribution in [2.24, 2.45) is 0 Å². The van der Waals surface area contributed by atoms with Gasteiger partial charge in [0.05, 0.1) is 0 Å². The number of carbonyl (C=O) groups is 2. The topological polar surface area (TPSA) is 82.3 Å². The van der Waals surface area contributed by atoms with Crippen molar-refractivity contribution in [3.8, 4) is 0 Å². The molecule has 0 aliphatic rings. The zero-order valence-corrected chi connectivity index (χ0v) is 17.4. The summed E-state index contributed by atoms with van der Waals surface area (Å²) >= 11 is 11.7. The Labute approximate surface area is 184 Å². The summed E-state index contributed by atoms with van der Waals surface area (Å²) in [6.07, 6.45) is 0. The van der Waals surface area contributed by atoms with Crippen molar-refractivity contribution in [3.05, 3.63) is 94.0 Å². The normalized spacial score (nSPS) is 10.2.